The van der Waals surface area contributed by atoms with Crippen LogP contribution in [0.3, 0.4) is 0 Å². The Bertz CT molecular complexity index is 217. The molecule has 0 aromatic carbocycles. The second-order valence-electron chi connectivity index (χ2n) is 6.39. The zero-order chi connectivity index (χ0) is 12.1. The summed E-state index contributed by atoms with van der Waals surface area (Å²) in [4.78, 5) is 0. The molecule has 0 radical (unpaired) electrons. The molecule has 2 N–H and O–H groups in total. The van der Waals surface area contributed by atoms with E-state index in [2.05, 4.69) is 12.2 Å². The number of hydrogen-bond donors (Lipinski definition) is 2. The van der Waals surface area contributed by atoms with Crippen LogP contribution in [0.1, 0.15) is 71.1 Å². The molecule has 0 spiro atoms. The molecular formula is C15H29NO. The van der Waals surface area contributed by atoms with Gasteiger partial charge in [0.2, 0.25) is 0 Å². The van der Waals surface area contributed by atoms with E-state index in [9.17, 15) is 5.11 Å². The number of aliphatic hydroxyl groups is 1. The molecule has 0 aromatic rings. The SMILES string of the molecule is CC(CO)(NC1CCCCCC1)C1CCCC1. The molecule has 2 heteroatoms. The van der Waals surface area contributed by atoms with Crippen molar-refractivity contribution in [2.75, 3.05) is 6.61 Å². The van der Waals surface area contributed by atoms with Crippen molar-refractivity contribution in [3.8, 4) is 0 Å². The van der Waals surface area contributed by atoms with E-state index in [0.29, 0.717) is 18.6 Å². The van der Waals surface area contributed by atoms with Gasteiger partial charge in [0.1, 0.15) is 0 Å². The van der Waals surface area contributed by atoms with Crippen LogP contribution in [0.25, 0.3) is 0 Å². The standard InChI is InChI=1S/C15H29NO/c1-15(12-17,13-8-6-7-9-13)16-14-10-4-2-3-5-11-14/h13-14,16-17H,2-12H2,1H3. The minimum atomic E-state index is -0.0223. The highest BCUT2D eigenvalue weighted by Crippen LogP contribution is 2.35. The average Bonchev–Trinajstić information content (AvgIpc) is 2.77. The lowest BCUT2D eigenvalue weighted by Gasteiger charge is -2.38. The Morgan fingerprint density at radius 3 is 2.00 bits per heavy atom. The van der Waals surface area contributed by atoms with Gasteiger partial charge in [-0.05, 0) is 38.5 Å². The third-order valence-corrected chi connectivity index (χ3v) is 4.97. The minimum Gasteiger partial charge on any atom is -0.394 e. The van der Waals surface area contributed by atoms with Gasteiger partial charge in [0, 0.05) is 11.6 Å². The summed E-state index contributed by atoms with van der Waals surface area (Å²) in [7, 11) is 0. The predicted molar refractivity (Wildman–Crippen MR) is 72.1 cm³/mol. The number of rotatable bonds is 4. The summed E-state index contributed by atoms with van der Waals surface area (Å²) in [5.41, 5.74) is -0.0223. The van der Waals surface area contributed by atoms with Crippen molar-refractivity contribution in [3.05, 3.63) is 0 Å². The second-order valence-corrected chi connectivity index (χ2v) is 6.39. The molecule has 2 nitrogen and oxygen atoms in total. The van der Waals surface area contributed by atoms with Gasteiger partial charge < -0.3 is 10.4 Å². The maximum absolute atomic E-state index is 9.78. The lowest BCUT2D eigenvalue weighted by atomic mass is 9.83. The molecule has 0 aromatic heterocycles. The Morgan fingerprint density at radius 1 is 0.941 bits per heavy atom. The molecule has 2 aliphatic carbocycles. The van der Waals surface area contributed by atoms with Crippen LogP contribution < -0.4 is 5.32 Å². The van der Waals surface area contributed by atoms with Crippen molar-refractivity contribution in [3.63, 3.8) is 0 Å². The largest absolute Gasteiger partial charge is 0.394 e. The first-order chi connectivity index (χ1) is 8.24. The van der Waals surface area contributed by atoms with Crippen molar-refractivity contribution in [1.82, 2.24) is 5.32 Å². The molecule has 0 bridgehead atoms. The van der Waals surface area contributed by atoms with Gasteiger partial charge in [-0.1, -0.05) is 38.5 Å². The Labute approximate surface area is 106 Å². The zero-order valence-corrected chi connectivity index (χ0v) is 11.4. The highest BCUT2D eigenvalue weighted by molar-refractivity contribution is 4.94. The Morgan fingerprint density at radius 2 is 1.47 bits per heavy atom. The minimum absolute atomic E-state index is 0.0223. The fourth-order valence-corrected chi connectivity index (χ4v) is 3.75. The summed E-state index contributed by atoms with van der Waals surface area (Å²) in [6.07, 6.45) is 13.5. The van der Waals surface area contributed by atoms with E-state index in [1.165, 1.54) is 64.2 Å². The molecule has 2 saturated carbocycles. The van der Waals surface area contributed by atoms with Gasteiger partial charge in [-0.3, -0.25) is 0 Å². The van der Waals surface area contributed by atoms with Crippen LogP contribution in [-0.4, -0.2) is 23.3 Å². The first-order valence-electron chi connectivity index (χ1n) is 7.63. The van der Waals surface area contributed by atoms with Gasteiger partial charge >= 0.3 is 0 Å². The molecule has 2 fully saturated rings. The number of nitrogens with one attached hydrogen (secondary N) is 1. The first kappa shape index (κ1) is 13.4. The van der Waals surface area contributed by atoms with E-state index < -0.39 is 0 Å². The predicted octanol–water partition coefficient (Wildman–Crippen LogP) is 3.24. The third-order valence-electron chi connectivity index (χ3n) is 4.97. The maximum Gasteiger partial charge on any atom is 0.0613 e. The third kappa shape index (κ3) is 3.45. The van der Waals surface area contributed by atoms with Crippen LogP contribution in [0.5, 0.6) is 0 Å². The fraction of sp³-hybridized carbons (Fsp3) is 1.00. The highest BCUT2D eigenvalue weighted by atomic mass is 16.3. The van der Waals surface area contributed by atoms with E-state index in [-0.39, 0.29) is 5.54 Å². The van der Waals surface area contributed by atoms with Gasteiger partial charge in [-0.15, -0.1) is 0 Å². The molecule has 0 saturated heterocycles. The normalized spacial score (nSPS) is 27.9. The van der Waals surface area contributed by atoms with E-state index >= 15 is 0 Å². The lowest BCUT2D eigenvalue weighted by Crippen LogP contribution is -2.55. The first-order valence-corrected chi connectivity index (χ1v) is 7.63. The van der Waals surface area contributed by atoms with Crippen molar-refractivity contribution in [2.24, 2.45) is 5.92 Å². The van der Waals surface area contributed by atoms with Gasteiger partial charge in [0.15, 0.2) is 0 Å². The van der Waals surface area contributed by atoms with Gasteiger partial charge in [0.05, 0.1) is 6.61 Å². The summed E-state index contributed by atoms with van der Waals surface area (Å²) in [6.45, 7) is 2.54. The molecule has 1 unspecified atom stereocenters. The Hall–Kier alpha value is -0.0800. The number of aliphatic hydroxyl groups excluding tert-OH is 1. The average molecular weight is 239 g/mol. The summed E-state index contributed by atoms with van der Waals surface area (Å²) in [5.74, 6) is 0.691. The van der Waals surface area contributed by atoms with Gasteiger partial charge in [-0.25, -0.2) is 0 Å². The van der Waals surface area contributed by atoms with Crippen LogP contribution in [0.15, 0.2) is 0 Å². The van der Waals surface area contributed by atoms with Crippen LogP contribution in [0.2, 0.25) is 0 Å². The van der Waals surface area contributed by atoms with Crippen molar-refractivity contribution in [1.29, 1.82) is 0 Å². The van der Waals surface area contributed by atoms with Crippen molar-refractivity contribution in [2.45, 2.75) is 82.7 Å². The topological polar surface area (TPSA) is 32.3 Å². The van der Waals surface area contributed by atoms with E-state index in [1.54, 1.807) is 0 Å². The van der Waals surface area contributed by atoms with Crippen LogP contribution in [-0.2, 0) is 0 Å². The highest BCUT2D eigenvalue weighted by Gasteiger charge is 2.36. The molecular weight excluding hydrogens is 210 g/mol. The molecule has 2 aliphatic rings. The van der Waals surface area contributed by atoms with Crippen molar-refractivity contribution >= 4 is 0 Å². The number of hydrogen-bond acceptors (Lipinski definition) is 2. The van der Waals surface area contributed by atoms with Crippen molar-refractivity contribution < 1.29 is 5.11 Å². The summed E-state index contributed by atoms with van der Waals surface area (Å²) in [5, 5.41) is 13.6. The summed E-state index contributed by atoms with van der Waals surface area (Å²) >= 11 is 0. The molecule has 0 amide bonds. The zero-order valence-electron chi connectivity index (χ0n) is 11.4. The molecule has 0 aliphatic heterocycles. The summed E-state index contributed by atoms with van der Waals surface area (Å²) < 4.78 is 0. The second kappa shape index (κ2) is 6.19. The van der Waals surface area contributed by atoms with Crippen LogP contribution >= 0.6 is 0 Å². The fourth-order valence-electron chi connectivity index (χ4n) is 3.75. The molecule has 100 valence electrons. The Kier molecular flexibility index (Phi) is 4.87. The molecule has 17 heavy (non-hydrogen) atoms. The molecule has 0 heterocycles. The summed E-state index contributed by atoms with van der Waals surface area (Å²) in [6, 6.07) is 0.648. The monoisotopic (exact) mass is 239 g/mol. The molecule has 1 atom stereocenters. The smallest absolute Gasteiger partial charge is 0.0613 e. The van der Waals surface area contributed by atoms with E-state index in [1.807, 2.05) is 0 Å². The molecule has 2 rings (SSSR count). The van der Waals surface area contributed by atoms with Crippen LogP contribution in [0.4, 0.5) is 0 Å². The van der Waals surface area contributed by atoms with E-state index in [0.717, 1.165) is 0 Å². The quantitative estimate of drug-likeness (QED) is 0.738. The lowest BCUT2D eigenvalue weighted by molar-refractivity contribution is 0.104. The Balaban J connectivity index is 1.92. The van der Waals surface area contributed by atoms with Gasteiger partial charge in [-0.2, -0.15) is 0 Å². The van der Waals surface area contributed by atoms with Gasteiger partial charge in [0.25, 0.3) is 0 Å². The van der Waals surface area contributed by atoms with E-state index in [4.69, 9.17) is 0 Å². The maximum atomic E-state index is 9.78. The van der Waals surface area contributed by atoms with Crippen LogP contribution in [0, 0.1) is 5.92 Å².